The van der Waals surface area contributed by atoms with E-state index in [1.807, 2.05) is 12.1 Å². The van der Waals surface area contributed by atoms with Crippen LogP contribution in [-0.2, 0) is 6.54 Å². The van der Waals surface area contributed by atoms with Crippen molar-refractivity contribution in [1.29, 1.82) is 0 Å². The lowest BCUT2D eigenvalue weighted by molar-refractivity contribution is 0.135. The summed E-state index contributed by atoms with van der Waals surface area (Å²) in [7, 11) is 0. The molecular formula is C14H18BrFN2. The van der Waals surface area contributed by atoms with Crippen LogP contribution in [0.1, 0.15) is 18.4 Å². The van der Waals surface area contributed by atoms with E-state index in [9.17, 15) is 4.39 Å². The second-order valence-electron chi connectivity index (χ2n) is 5.33. The fraction of sp³-hybridized carbons (Fsp3) is 0.571. The number of nitrogens with zero attached hydrogens (tertiary/aromatic N) is 1. The van der Waals surface area contributed by atoms with Gasteiger partial charge in [-0.3, -0.25) is 4.90 Å². The third-order valence-corrected chi connectivity index (χ3v) is 4.54. The number of hydrogen-bond acceptors (Lipinski definition) is 2. The van der Waals surface area contributed by atoms with Gasteiger partial charge in [0.15, 0.2) is 0 Å². The zero-order valence-electron chi connectivity index (χ0n) is 10.3. The smallest absolute Gasteiger partial charge is 0.137 e. The highest BCUT2D eigenvalue weighted by Crippen LogP contribution is 2.36. The van der Waals surface area contributed by atoms with E-state index < -0.39 is 0 Å². The number of piperazine rings is 1. The van der Waals surface area contributed by atoms with E-state index in [1.165, 1.54) is 18.4 Å². The van der Waals surface area contributed by atoms with Crippen molar-refractivity contribution in [1.82, 2.24) is 10.2 Å². The molecule has 0 aromatic heterocycles. The van der Waals surface area contributed by atoms with Gasteiger partial charge in [0.25, 0.3) is 0 Å². The topological polar surface area (TPSA) is 15.3 Å². The van der Waals surface area contributed by atoms with E-state index in [1.54, 1.807) is 6.07 Å². The number of nitrogens with one attached hydrogen (secondary N) is 1. The molecule has 0 spiro atoms. The van der Waals surface area contributed by atoms with Crippen molar-refractivity contribution in [2.24, 2.45) is 5.92 Å². The first-order valence-corrected chi connectivity index (χ1v) is 7.42. The van der Waals surface area contributed by atoms with Crippen LogP contribution in [0.25, 0.3) is 0 Å². The Morgan fingerprint density at radius 2 is 2.22 bits per heavy atom. The van der Waals surface area contributed by atoms with Crippen LogP contribution >= 0.6 is 15.9 Å². The average Bonchev–Trinajstić information content (AvgIpc) is 3.19. The molecular weight excluding hydrogens is 295 g/mol. The van der Waals surface area contributed by atoms with Gasteiger partial charge < -0.3 is 5.32 Å². The first-order valence-electron chi connectivity index (χ1n) is 6.63. The summed E-state index contributed by atoms with van der Waals surface area (Å²) in [5, 5.41) is 3.48. The normalized spacial score (nSPS) is 25.3. The molecule has 18 heavy (non-hydrogen) atoms. The Bertz CT molecular complexity index is 434. The molecule has 1 saturated heterocycles. The second-order valence-corrected chi connectivity index (χ2v) is 6.18. The molecule has 1 atom stereocenters. The molecule has 0 amide bonds. The van der Waals surface area contributed by atoms with E-state index in [-0.39, 0.29) is 5.82 Å². The van der Waals surface area contributed by atoms with E-state index in [2.05, 4.69) is 26.1 Å². The zero-order chi connectivity index (χ0) is 12.5. The van der Waals surface area contributed by atoms with Gasteiger partial charge in [0, 0.05) is 32.2 Å². The summed E-state index contributed by atoms with van der Waals surface area (Å²) in [5.41, 5.74) is 1.19. The van der Waals surface area contributed by atoms with Crippen molar-refractivity contribution in [3.05, 3.63) is 34.1 Å². The lowest BCUT2D eigenvalue weighted by atomic mass is 10.1. The summed E-state index contributed by atoms with van der Waals surface area (Å²) in [4.78, 5) is 2.55. The minimum Gasteiger partial charge on any atom is -0.314 e. The Morgan fingerprint density at radius 1 is 1.39 bits per heavy atom. The lowest BCUT2D eigenvalue weighted by Gasteiger charge is -2.36. The van der Waals surface area contributed by atoms with Crippen LogP contribution in [-0.4, -0.2) is 30.6 Å². The van der Waals surface area contributed by atoms with E-state index >= 15 is 0 Å². The quantitative estimate of drug-likeness (QED) is 0.923. The summed E-state index contributed by atoms with van der Waals surface area (Å²) < 4.78 is 13.8. The molecule has 1 aromatic carbocycles. The van der Waals surface area contributed by atoms with Gasteiger partial charge in [0.1, 0.15) is 5.82 Å². The third-order valence-electron chi connectivity index (χ3n) is 3.93. The number of benzene rings is 1. The molecule has 2 aliphatic rings. The van der Waals surface area contributed by atoms with Crippen LogP contribution in [0.3, 0.4) is 0 Å². The molecule has 98 valence electrons. The fourth-order valence-electron chi connectivity index (χ4n) is 2.78. The highest BCUT2D eigenvalue weighted by Gasteiger charge is 2.36. The molecule has 1 aromatic rings. The van der Waals surface area contributed by atoms with Crippen LogP contribution in [0, 0.1) is 11.7 Å². The lowest BCUT2D eigenvalue weighted by Crippen LogP contribution is -2.51. The Balaban J connectivity index is 1.71. The molecule has 1 aliphatic carbocycles. The molecule has 1 heterocycles. The zero-order valence-corrected chi connectivity index (χ0v) is 11.9. The van der Waals surface area contributed by atoms with Crippen molar-refractivity contribution in [2.75, 3.05) is 19.6 Å². The van der Waals surface area contributed by atoms with Gasteiger partial charge in [0.2, 0.25) is 0 Å². The Labute approximate surface area is 116 Å². The molecule has 2 fully saturated rings. The van der Waals surface area contributed by atoms with E-state index in [4.69, 9.17) is 0 Å². The van der Waals surface area contributed by atoms with Crippen LogP contribution in [0.5, 0.6) is 0 Å². The van der Waals surface area contributed by atoms with Crippen LogP contribution in [0.15, 0.2) is 22.7 Å². The standard InChI is InChI=1S/C14H18BrFN2/c15-12-7-10(1-4-13(12)16)9-18-6-5-17-8-14(18)11-2-3-11/h1,4,7,11,14,17H,2-3,5-6,8-9H2. The van der Waals surface area contributed by atoms with Crippen molar-refractivity contribution in [2.45, 2.75) is 25.4 Å². The summed E-state index contributed by atoms with van der Waals surface area (Å²) in [5.74, 6) is 0.694. The third kappa shape index (κ3) is 2.76. The van der Waals surface area contributed by atoms with Crippen molar-refractivity contribution in [3.8, 4) is 0 Å². The van der Waals surface area contributed by atoms with Crippen LogP contribution < -0.4 is 5.32 Å². The van der Waals surface area contributed by atoms with Gasteiger partial charge in [-0.15, -0.1) is 0 Å². The van der Waals surface area contributed by atoms with Crippen molar-refractivity contribution in [3.63, 3.8) is 0 Å². The first kappa shape index (κ1) is 12.6. The van der Waals surface area contributed by atoms with Gasteiger partial charge >= 0.3 is 0 Å². The maximum atomic E-state index is 13.2. The number of halogens is 2. The molecule has 1 N–H and O–H groups in total. The first-order chi connectivity index (χ1) is 8.74. The minimum atomic E-state index is -0.183. The summed E-state index contributed by atoms with van der Waals surface area (Å²) in [6, 6.07) is 6.02. The van der Waals surface area contributed by atoms with Crippen LogP contribution in [0.4, 0.5) is 4.39 Å². The number of hydrogen-bond donors (Lipinski definition) is 1. The monoisotopic (exact) mass is 312 g/mol. The Kier molecular flexibility index (Phi) is 3.68. The SMILES string of the molecule is Fc1ccc(CN2CCNCC2C2CC2)cc1Br. The minimum absolute atomic E-state index is 0.183. The van der Waals surface area contributed by atoms with E-state index in [0.717, 1.165) is 32.1 Å². The fourth-order valence-corrected chi connectivity index (χ4v) is 3.21. The number of rotatable bonds is 3. The highest BCUT2D eigenvalue weighted by molar-refractivity contribution is 9.10. The molecule has 1 unspecified atom stereocenters. The molecule has 0 bridgehead atoms. The predicted octanol–water partition coefficient (Wildman–Crippen LogP) is 2.77. The van der Waals surface area contributed by atoms with Gasteiger partial charge in [-0.05, 0) is 52.4 Å². The van der Waals surface area contributed by atoms with Gasteiger partial charge in [-0.1, -0.05) is 6.07 Å². The molecule has 3 rings (SSSR count). The Hall–Kier alpha value is -0.450. The van der Waals surface area contributed by atoms with Crippen LogP contribution in [0.2, 0.25) is 0 Å². The average molecular weight is 313 g/mol. The van der Waals surface area contributed by atoms with Crippen molar-refractivity contribution >= 4 is 15.9 Å². The summed E-state index contributed by atoms with van der Waals surface area (Å²) >= 11 is 3.26. The van der Waals surface area contributed by atoms with Gasteiger partial charge in [0.05, 0.1) is 4.47 Å². The molecule has 4 heteroatoms. The summed E-state index contributed by atoms with van der Waals surface area (Å²) in [6.45, 7) is 4.19. The second kappa shape index (κ2) is 5.27. The van der Waals surface area contributed by atoms with Gasteiger partial charge in [-0.2, -0.15) is 0 Å². The Morgan fingerprint density at radius 3 is 2.94 bits per heavy atom. The summed E-state index contributed by atoms with van der Waals surface area (Å²) in [6.07, 6.45) is 2.74. The molecule has 1 saturated carbocycles. The molecule has 2 nitrogen and oxygen atoms in total. The highest BCUT2D eigenvalue weighted by atomic mass is 79.9. The predicted molar refractivity (Wildman–Crippen MR) is 73.9 cm³/mol. The molecule has 1 aliphatic heterocycles. The van der Waals surface area contributed by atoms with Crippen molar-refractivity contribution < 1.29 is 4.39 Å². The maximum Gasteiger partial charge on any atom is 0.137 e. The maximum absolute atomic E-state index is 13.2. The van der Waals surface area contributed by atoms with E-state index in [0.29, 0.717) is 10.5 Å². The molecule has 0 radical (unpaired) electrons. The largest absolute Gasteiger partial charge is 0.314 e. The van der Waals surface area contributed by atoms with Gasteiger partial charge in [-0.25, -0.2) is 4.39 Å².